The first-order valence-corrected chi connectivity index (χ1v) is 8.62. The molecule has 0 aliphatic carbocycles. The number of benzene rings is 1. The number of rotatable bonds is 6. The van der Waals surface area contributed by atoms with Crippen LogP contribution < -0.4 is 5.32 Å². The molecule has 1 amide bonds. The number of ether oxygens (including phenoxy) is 1. The molecule has 0 aliphatic heterocycles. The molecule has 0 atom stereocenters. The summed E-state index contributed by atoms with van der Waals surface area (Å²) in [4.78, 5) is 27.3. The molecule has 0 saturated heterocycles. The fourth-order valence-corrected chi connectivity index (χ4v) is 2.83. The minimum atomic E-state index is -0.325. The zero-order valence-electron chi connectivity index (χ0n) is 14.0. The smallest absolute Gasteiger partial charge is 0.340 e. The van der Waals surface area contributed by atoms with E-state index in [0.717, 1.165) is 27.1 Å². The molecule has 0 fully saturated rings. The van der Waals surface area contributed by atoms with Gasteiger partial charge < -0.3 is 15.0 Å². The first kappa shape index (κ1) is 18.3. The van der Waals surface area contributed by atoms with E-state index in [1.54, 1.807) is 6.92 Å². The van der Waals surface area contributed by atoms with Crippen molar-refractivity contribution in [3.63, 3.8) is 0 Å². The van der Waals surface area contributed by atoms with Gasteiger partial charge in [-0.25, -0.2) is 4.79 Å². The SMILES string of the molecule is CCOC(=O)c1c(C)[nH]c(CCC(=O)Nc2ccc(Br)cc2)c1C. The number of halogens is 1. The summed E-state index contributed by atoms with van der Waals surface area (Å²) >= 11 is 3.36. The summed E-state index contributed by atoms with van der Waals surface area (Å²) in [5.74, 6) is -0.393. The van der Waals surface area contributed by atoms with E-state index in [9.17, 15) is 9.59 Å². The Morgan fingerprint density at radius 2 is 1.88 bits per heavy atom. The molecule has 128 valence electrons. The summed E-state index contributed by atoms with van der Waals surface area (Å²) in [5, 5.41) is 2.86. The number of hydrogen-bond donors (Lipinski definition) is 2. The molecular formula is C18H21BrN2O3. The van der Waals surface area contributed by atoms with E-state index in [4.69, 9.17) is 4.74 Å². The van der Waals surface area contributed by atoms with Crippen LogP contribution in [-0.4, -0.2) is 23.5 Å². The molecule has 0 spiro atoms. The van der Waals surface area contributed by atoms with E-state index in [0.29, 0.717) is 25.0 Å². The second kappa shape index (κ2) is 8.15. The first-order chi connectivity index (χ1) is 11.4. The van der Waals surface area contributed by atoms with Crippen molar-refractivity contribution >= 4 is 33.5 Å². The maximum atomic E-state index is 12.1. The van der Waals surface area contributed by atoms with Gasteiger partial charge in [0.15, 0.2) is 0 Å². The number of anilines is 1. The molecule has 6 heteroatoms. The Balaban J connectivity index is 1.99. The molecule has 0 aliphatic rings. The molecule has 0 radical (unpaired) electrons. The number of esters is 1. The third-order valence-electron chi connectivity index (χ3n) is 3.75. The van der Waals surface area contributed by atoms with Crippen molar-refractivity contribution in [2.24, 2.45) is 0 Å². The Kier molecular flexibility index (Phi) is 6.20. The van der Waals surface area contributed by atoms with Crippen molar-refractivity contribution in [2.45, 2.75) is 33.6 Å². The highest BCUT2D eigenvalue weighted by molar-refractivity contribution is 9.10. The molecule has 1 aromatic heterocycles. The highest BCUT2D eigenvalue weighted by atomic mass is 79.9. The number of amides is 1. The third kappa shape index (κ3) is 4.47. The zero-order chi connectivity index (χ0) is 17.7. The van der Waals surface area contributed by atoms with Crippen LogP contribution >= 0.6 is 15.9 Å². The van der Waals surface area contributed by atoms with Crippen LogP contribution in [0.5, 0.6) is 0 Å². The van der Waals surface area contributed by atoms with Crippen LogP contribution in [0.3, 0.4) is 0 Å². The maximum Gasteiger partial charge on any atom is 0.340 e. The van der Waals surface area contributed by atoms with E-state index in [1.807, 2.05) is 38.1 Å². The lowest BCUT2D eigenvalue weighted by molar-refractivity contribution is -0.116. The highest BCUT2D eigenvalue weighted by Crippen LogP contribution is 2.20. The van der Waals surface area contributed by atoms with E-state index in [2.05, 4.69) is 26.2 Å². The fraction of sp³-hybridized carbons (Fsp3) is 0.333. The number of hydrogen-bond acceptors (Lipinski definition) is 3. The summed E-state index contributed by atoms with van der Waals surface area (Å²) in [6.07, 6.45) is 0.869. The van der Waals surface area contributed by atoms with Gasteiger partial charge in [-0.05, 0) is 57.0 Å². The molecule has 0 bridgehead atoms. The topological polar surface area (TPSA) is 71.2 Å². The van der Waals surface area contributed by atoms with E-state index < -0.39 is 0 Å². The number of H-pyrrole nitrogens is 1. The van der Waals surface area contributed by atoms with Crippen molar-refractivity contribution in [2.75, 3.05) is 11.9 Å². The lowest BCUT2D eigenvalue weighted by Crippen LogP contribution is -2.12. The number of aromatic amines is 1. The standard InChI is InChI=1S/C18H21BrN2O3/c1-4-24-18(23)17-11(2)15(20-12(17)3)9-10-16(22)21-14-7-5-13(19)6-8-14/h5-8,20H,4,9-10H2,1-3H3,(H,21,22). The fourth-order valence-electron chi connectivity index (χ4n) is 2.57. The number of nitrogens with one attached hydrogen (secondary N) is 2. The van der Waals surface area contributed by atoms with Gasteiger partial charge >= 0.3 is 5.97 Å². The summed E-state index contributed by atoms with van der Waals surface area (Å²) in [7, 11) is 0. The second-order valence-electron chi connectivity index (χ2n) is 5.50. The average molecular weight is 393 g/mol. The van der Waals surface area contributed by atoms with Crippen LogP contribution in [0.4, 0.5) is 5.69 Å². The van der Waals surface area contributed by atoms with Gasteiger partial charge in [0.2, 0.25) is 5.91 Å². The number of aromatic nitrogens is 1. The molecule has 2 aromatic rings. The Bertz CT molecular complexity index is 735. The van der Waals surface area contributed by atoms with Crippen molar-refractivity contribution in [3.05, 3.63) is 51.3 Å². The largest absolute Gasteiger partial charge is 0.462 e. The summed E-state index contributed by atoms with van der Waals surface area (Å²) in [6, 6.07) is 7.43. The second-order valence-corrected chi connectivity index (χ2v) is 6.42. The number of aryl methyl sites for hydroxylation is 2. The van der Waals surface area contributed by atoms with Crippen molar-refractivity contribution in [1.82, 2.24) is 4.98 Å². The quantitative estimate of drug-likeness (QED) is 0.725. The Morgan fingerprint density at radius 1 is 1.21 bits per heavy atom. The molecule has 5 nitrogen and oxygen atoms in total. The molecule has 2 N–H and O–H groups in total. The molecular weight excluding hydrogens is 372 g/mol. The monoisotopic (exact) mass is 392 g/mol. The molecule has 0 unspecified atom stereocenters. The van der Waals surface area contributed by atoms with Gasteiger partial charge in [-0.3, -0.25) is 4.79 Å². The van der Waals surface area contributed by atoms with E-state index in [1.165, 1.54) is 0 Å². The maximum absolute atomic E-state index is 12.1. The van der Waals surface area contributed by atoms with Crippen molar-refractivity contribution in [1.29, 1.82) is 0 Å². The minimum Gasteiger partial charge on any atom is -0.462 e. The van der Waals surface area contributed by atoms with E-state index in [-0.39, 0.29) is 11.9 Å². The molecule has 1 heterocycles. The average Bonchev–Trinajstić information content (AvgIpc) is 2.82. The van der Waals surface area contributed by atoms with Crippen molar-refractivity contribution in [3.8, 4) is 0 Å². The van der Waals surface area contributed by atoms with Crippen LogP contribution in [0, 0.1) is 13.8 Å². The van der Waals surface area contributed by atoms with E-state index >= 15 is 0 Å². The van der Waals surface area contributed by atoms with Gasteiger partial charge in [-0.1, -0.05) is 15.9 Å². The van der Waals surface area contributed by atoms with Crippen LogP contribution in [-0.2, 0) is 16.0 Å². The van der Waals surface area contributed by atoms with Gasteiger partial charge in [0.1, 0.15) is 0 Å². The van der Waals surface area contributed by atoms with Gasteiger partial charge in [0.25, 0.3) is 0 Å². The Hall–Kier alpha value is -2.08. The van der Waals surface area contributed by atoms with Crippen LogP contribution in [0.15, 0.2) is 28.7 Å². The van der Waals surface area contributed by atoms with Crippen LogP contribution in [0.2, 0.25) is 0 Å². The highest BCUT2D eigenvalue weighted by Gasteiger charge is 2.19. The summed E-state index contributed by atoms with van der Waals surface area (Å²) in [6.45, 7) is 5.83. The van der Waals surface area contributed by atoms with Crippen LogP contribution in [0.25, 0.3) is 0 Å². The lowest BCUT2D eigenvalue weighted by Gasteiger charge is -2.06. The summed E-state index contributed by atoms with van der Waals surface area (Å²) < 4.78 is 6.04. The van der Waals surface area contributed by atoms with Crippen molar-refractivity contribution < 1.29 is 14.3 Å². The predicted molar refractivity (Wildman–Crippen MR) is 97.3 cm³/mol. The zero-order valence-corrected chi connectivity index (χ0v) is 15.6. The minimum absolute atomic E-state index is 0.0679. The van der Waals surface area contributed by atoms with Gasteiger partial charge in [0.05, 0.1) is 12.2 Å². The normalized spacial score (nSPS) is 10.5. The van der Waals surface area contributed by atoms with Crippen LogP contribution in [0.1, 0.15) is 40.7 Å². The number of carbonyl (C=O) groups excluding carboxylic acids is 2. The molecule has 24 heavy (non-hydrogen) atoms. The third-order valence-corrected chi connectivity index (χ3v) is 4.28. The number of carbonyl (C=O) groups is 2. The molecule has 2 rings (SSSR count). The Labute approximate surface area is 149 Å². The Morgan fingerprint density at radius 3 is 2.50 bits per heavy atom. The summed E-state index contributed by atoms with van der Waals surface area (Å²) in [5.41, 5.74) is 3.84. The van der Waals surface area contributed by atoms with Gasteiger partial charge in [-0.2, -0.15) is 0 Å². The van der Waals surface area contributed by atoms with Gasteiger partial charge in [0, 0.05) is 28.0 Å². The molecule has 0 saturated carbocycles. The predicted octanol–water partition coefficient (Wildman–Crippen LogP) is 4.14. The van der Waals surface area contributed by atoms with Gasteiger partial charge in [-0.15, -0.1) is 0 Å². The first-order valence-electron chi connectivity index (χ1n) is 7.83. The molecule has 1 aromatic carbocycles. The lowest BCUT2D eigenvalue weighted by atomic mass is 10.1.